The highest BCUT2D eigenvalue weighted by Crippen LogP contribution is 2.40. The maximum Gasteiger partial charge on any atom is 0.418 e. The van der Waals surface area contributed by atoms with Crippen LogP contribution in [0.1, 0.15) is 12.0 Å². The molecular formula is C13H13ClF3N3O5S. The van der Waals surface area contributed by atoms with Crippen LogP contribution in [0, 0.1) is 10.1 Å². The number of nitrogens with one attached hydrogen (secondary N) is 2. The van der Waals surface area contributed by atoms with Gasteiger partial charge in [-0.15, -0.1) is 0 Å². The minimum Gasteiger partial charge on any atom is -0.371 e. The fourth-order valence-electron chi connectivity index (χ4n) is 2.43. The van der Waals surface area contributed by atoms with Crippen molar-refractivity contribution in [2.24, 2.45) is 0 Å². The molecule has 1 saturated heterocycles. The van der Waals surface area contributed by atoms with Crippen molar-refractivity contribution in [2.45, 2.75) is 18.6 Å². The Morgan fingerprint density at radius 2 is 2.04 bits per heavy atom. The molecule has 2 rings (SSSR count). The number of halogens is 4. The molecule has 1 amide bonds. The Morgan fingerprint density at radius 3 is 2.54 bits per heavy atom. The second-order valence-electron chi connectivity index (χ2n) is 5.63. The number of sulfone groups is 1. The number of nitro benzene ring substituents is 1. The van der Waals surface area contributed by atoms with Gasteiger partial charge in [-0.05, 0) is 12.5 Å². The molecule has 1 heterocycles. The van der Waals surface area contributed by atoms with E-state index in [9.17, 15) is 36.5 Å². The predicted molar refractivity (Wildman–Crippen MR) is 86.8 cm³/mol. The van der Waals surface area contributed by atoms with Crippen LogP contribution in [0.2, 0.25) is 5.02 Å². The molecule has 0 aliphatic carbocycles. The molecule has 0 unspecified atom stereocenters. The van der Waals surface area contributed by atoms with Crippen LogP contribution in [-0.2, 0) is 20.8 Å². The number of alkyl halides is 3. The van der Waals surface area contributed by atoms with E-state index in [-0.39, 0.29) is 29.7 Å². The molecule has 1 aromatic rings. The van der Waals surface area contributed by atoms with Gasteiger partial charge in [0.1, 0.15) is 5.69 Å². The summed E-state index contributed by atoms with van der Waals surface area (Å²) in [7, 11) is -3.20. The van der Waals surface area contributed by atoms with Gasteiger partial charge in [-0.25, -0.2) is 8.42 Å². The Balaban J connectivity index is 2.10. The van der Waals surface area contributed by atoms with Gasteiger partial charge in [0.05, 0.1) is 33.6 Å². The summed E-state index contributed by atoms with van der Waals surface area (Å²) in [6.07, 6.45) is -4.62. The lowest BCUT2D eigenvalue weighted by atomic mass is 10.1. The Hall–Kier alpha value is -2.08. The van der Waals surface area contributed by atoms with Gasteiger partial charge < -0.3 is 10.6 Å². The molecule has 0 spiro atoms. The molecule has 8 nitrogen and oxygen atoms in total. The first kappa shape index (κ1) is 20.2. The zero-order valence-corrected chi connectivity index (χ0v) is 14.5. The van der Waals surface area contributed by atoms with Crippen LogP contribution in [0.3, 0.4) is 0 Å². The number of benzene rings is 1. The van der Waals surface area contributed by atoms with Crippen LogP contribution >= 0.6 is 11.6 Å². The quantitative estimate of drug-likeness (QED) is 0.560. The molecular weight excluding hydrogens is 403 g/mol. The number of rotatable bonds is 5. The molecule has 144 valence electrons. The maximum atomic E-state index is 12.8. The zero-order chi connectivity index (χ0) is 19.7. The number of carbonyl (C=O) groups excluding carboxylic acids is 1. The minimum absolute atomic E-state index is 0.0502. The van der Waals surface area contributed by atoms with Crippen molar-refractivity contribution < 1.29 is 31.3 Å². The predicted octanol–water partition coefficient (Wildman–Crippen LogP) is 1.98. The van der Waals surface area contributed by atoms with Crippen LogP contribution in [0.25, 0.3) is 0 Å². The van der Waals surface area contributed by atoms with Crippen molar-refractivity contribution in [2.75, 3.05) is 23.4 Å². The van der Waals surface area contributed by atoms with Gasteiger partial charge in [0.25, 0.3) is 5.69 Å². The van der Waals surface area contributed by atoms with E-state index in [1.807, 2.05) is 0 Å². The first-order chi connectivity index (χ1) is 11.9. The summed E-state index contributed by atoms with van der Waals surface area (Å²) in [6, 6.07) is 0.433. The number of hydrogen-bond acceptors (Lipinski definition) is 6. The second-order valence-corrected chi connectivity index (χ2v) is 8.26. The Kier molecular flexibility index (Phi) is 5.66. The van der Waals surface area contributed by atoms with Crippen LogP contribution in [0.4, 0.5) is 24.5 Å². The second kappa shape index (κ2) is 7.27. The van der Waals surface area contributed by atoms with Crippen molar-refractivity contribution >= 4 is 38.7 Å². The topological polar surface area (TPSA) is 118 Å². The molecule has 1 atom stereocenters. The summed E-state index contributed by atoms with van der Waals surface area (Å²) in [6.45, 7) is -0.501. The van der Waals surface area contributed by atoms with Crippen molar-refractivity contribution in [3.8, 4) is 0 Å². The summed E-state index contributed by atoms with van der Waals surface area (Å²) in [5.41, 5.74) is -2.61. The lowest BCUT2D eigenvalue weighted by Crippen LogP contribution is -2.39. The molecule has 1 aliphatic rings. The number of nitro groups is 1. The van der Waals surface area contributed by atoms with E-state index < -0.39 is 55.7 Å². The van der Waals surface area contributed by atoms with Gasteiger partial charge in [-0.1, -0.05) is 11.6 Å². The minimum atomic E-state index is -4.87. The maximum absolute atomic E-state index is 12.8. The van der Waals surface area contributed by atoms with E-state index in [2.05, 4.69) is 10.6 Å². The number of carbonyl (C=O) groups is 1. The average molecular weight is 416 g/mol. The summed E-state index contributed by atoms with van der Waals surface area (Å²) in [4.78, 5) is 21.8. The van der Waals surface area contributed by atoms with Crippen LogP contribution in [0.5, 0.6) is 0 Å². The third-order valence-corrected chi connectivity index (χ3v) is 5.71. The first-order valence-electron chi connectivity index (χ1n) is 7.18. The van der Waals surface area contributed by atoms with Crippen molar-refractivity contribution in [1.29, 1.82) is 0 Å². The van der Waals surface area contributed by atoms with E-state index in [1.165, 1.54) is 0 Å². The molecule has 13 heteroatoms. The molecule has 0 radical (unpaired) electrons. The molecule has 0 aromatic heterocycles. The molecule has 0 bridgehead atoms. The molecule has 26 heavy (non-hydrogen) atoms. The highest BCUT2D eigenvalue weighted by Gasteiger charge is 2.36. The van der Waals surface area contributed by atoms with Crippen LogP contribution in [-0.4, -0.2) is 43.3 Å². The fourth-order valence-corrected chi connectivity index (χ4v) is 4.38. The summed E-state index contributed by atoms with van der Waals surface area (Å²) in [5, 5.41) is 15.0. The Bertz CT molecular complexity index is 844. The highest BCUT2D eigenvalue weighted by atomic mass is 35.5. The van der Waals surface area contributed by atoms with E-state index in [0.717, 1.165) is 6.07 Å². The average Bonchev–Trinajstić information content (AvgIpc) is 2.82. The number of nitrogens with zero attached hydrogens (tertiary/aromatic N) is 1. The van der Waals surface area contributed by atoms with Crippen molar-refractivity contribution in [3.63, 3.8) is 0 Å². The molecule has 1 aromatic carbocycles. The molecule has 1 aliphatic heterocycles. The van der Waals surface area contributed by atoms with Gasteiger partial charge in [0.2, 0.25) is 5.91 Å². The summed E-state index contributed by atoms with van der Waals surface area (Å²) < 4.78 is 61.0. The number of hydrogen-bond donors (Lipinski definition) is 2. The standard InChI is InChI=1S/C13H13ClF3N3O5S/c14-9-4-10(11(20(22)23)3-8(9)13(15,16)17)18-5-12(21)19-7-1-2-26(24,25)6-7/h3-4,7,18H,1-2,5-6H2,(H,19,21)/t7-/m1/s1. The largest absolute Gasteiger partial charge is 0.418 e. The van der Waals surface area contributed by atoms with Gasteiger partial charge in [0.15, 0.2) is 9.84 Å². The fraction of sp³-hybridized carbons (Fsp3) is 0.462. The van der Waals surface area contributed by atoms with Gasteiger partial charge in [0, 0.05) is 12.1 Å². The first-order valence-corrected chi connectivity index (χ1v) is 9.38. The Labute approximate surface area is 150 Å². The van der Waals surface area contributed by atoms with Gasteiger partial charge >= 0.3 is 6.18 Å². The summed E-state index contributed by atoms with van der Waals surface area (Å²) in [5.74, 6) is -0.909. The molecule has 1 fully saturated rings. The lowest BCUT2D eigenvalue weighted by molar-refractivity contribution is -0.384. The number of anilines is 1. The van der Waals surface area contributed by atoms with E-state index in [0.29, 0.717) is 0 Å². The highest BCUT2D eigenvalue weighted by molar-refractivity contribution is 7.91. The third-order valence-electron chi connectivity index (χ3n) is 3.62. The number of amides is 1. The summed E-state index contributed by atoms with van der Waals surface area (Å²) >= 11 is 5.53. The molecule has 2 N–H and O–H groups in total. The normalized spacial score (nSPS) is 19.2. The van der Waals surface area contributed by atoms with Crippen molar-refractivity contribution in [1.82, 2.24) is 5.32 Å². The van der Waals surface area contributed by atoms with E-state index in [4.69, 9.17) is 11.6 Å². The monoisotopic (exact) mass is 415 g/mol. The van der Waals surface area contributed by atoms with E-state index >= 15 is 0 Å². The lowest BCUT2D eigenvalue weighted by Gasteiger charge is -2.14. The smallest absolute Gasteiger partial charge is 0.371 e. The third kappa shape index (κ3) is 4.97. The zero-order valence-electron chi connectivity index (χ0n) is 13.0. The SMILES string of the molecule is O=C(CNc1cc(Cl)c(C(F)(F)F)cc1[N+](=O)[O-])N[C@@H]1CCS(=O)(=O)C1. The van der Waals surface area contributed by atoms with Gasteiger partial charge in [-0.2, -0.15) is 13.2 Å². The van der Waals surface area contributed by atoms with Crippen molar-refractivity contribution in [3.05, 3.63) is 32.8 Å². The Morgan fingerprint density at radius 1 is 1.38 bits per heavy atom. The van der Waals surface area contributed by atoms with Gasteiger partial charge in [-0.3, -0.25) is 14.9 Å². The van der Waals surface area contributed by atoms with E-state index in [1.54, 1.807) is 0 Å². The molecule has 0 saturated carbocycles. The van der Waals surface area contributed by atoms with Crippen LogP contribution in [0.15, 0.2) is 12.1 Å². The van der Waals surface area contributed by atoms with Crippen LogP contribution < -0.4 is 10.6 Å².